The Bertz CT molecular complexity index is 681. The van der Waals surface area contributed by atoms with Gasteiger partial charge in [-0.05, 0) is 49.6 Å². The molecule has 0 radical (unpaired) electrons. The highest BCUT2D eigenvalue weighted by Crippen LogP contribution is 2.27. The number of hydrogen-bond donors (Lipinski definition) is 2. The van der Waals surface area contributed by atoms with E-state index < -0.39 is 10.0 Å². The molecule has 2 heterocycles. The van der Waals surface area contributed by atoms with Crippen LogP contribution in [0, 0.1) is 0 Å². The molecule has 0 saturated carbocycles. The first-order chi connectivity index (χ1) is 10.5. The number of hydrogen-bond acceptors (Lipinski definition) is 4. The minimum absolute atomic E-state index is 0.00325. The number of sulfonamides is 1. The van der Waals surface area contributed by atoms with Gasteiger partial charge in [-0.25, -0.2) is 8.42 Å². The largest absolute Gasteiger partial charge is 0.326 e. The number of nitrogens with one attached hydrogen (secondary N) is 2. The monoisotopic (exact) mass is 323 g/mol. The Hall–Kier alpha value is -1.44. The highest BCUT2D eigenvalue weighted by Gasteiger charge is 2.30. The zero-order chi connectivity index (χ0) is 15.7. The van der Waals surface area contributed by atoms with Crippen LogP contribution >= 0.6 is 0 Å². The molecule has 2 aliphatic heterocycles. The SMILES string of the molecule is CN(C1CCNC1)S(=O)(=O)c1ccc2c(c1)CCCC(=O)N2. The third kappa shape index (κ3) is 2.88. The maximum atomic E-state index is 12.8. The van der Waals surface area contributed by atoms with Gasteiger partial charge in [0.1, 0.15) is 0 Å². The molecule has 0 spiro atoms. The number of rotatable bonds is 3. The summed E-state index contributed by atoms with van der Waals surface area (Å²) < 4.78 is 27.0. The van der Waals surface area contributed by atoms with Gasteiger partial charge in [-0.1, -0.05) is 0 Å². The van der Waals surface area contributed by atoms with E-state index in [0.29, 0.717) is 24.3 Å². The van der Waals surface area contributed by atoms with Crippen molar-refractivity contribution in [1.82, 2.24) is 9.62 Å². The van der Waals surface area contributed by atoms with Gasteiger partial charge < -0.3 is 10.6 Å². The van der Waals surface area contributed by atoms with Gasteiger partial charge in [0.05, 0.1) is 4.90 Å². The molecule has 120 valence electrons. The first-order valence-electron chi connectivity index (χ1n) is 7.60. The van der Waals surface area contributed by atoms with Crippen LogP contribution in [0.25, 0.3) is 0 Å². The van der Waals surface area contributed by atoms with Crippen LogP contribution in [0.1, 0.15) is 24.8 Å². The highest BCUT2D eigenvalue weighted by molar-refractivity contribution is 7.89. The third-order valence-electron chi connectivity index (χ3n) is 4.43. The summed E-state index contributed by atoms with van der Waals surface area (Å²) in [7, 11) is -1.86. The maximum Gasteiger partial charge on any atom is 0.243 e. The first kappa shape index (κ1) is 15.5. The second-order valence-corrected chi connectivity index (χ2v) is 7.89. The number of fused-ring (bicyclic) bond motifs is 1. The van der Waals surface area contributed by atoms with Crippen molar-refractivity contribution < 1.29 is 13.2 Å². The van der Waals surface area contributed by atoms with Gasteiger partial charge in [0.25, 0.3) is 0 Å². The van der Waals surface area contributed by atoms with E-state index in [1.165, 1.54) is 4.31 Å². The van der Waals surface area contributed by atoms with E-state index in [4.69, 9.17) is 0 Å². The lowest BCUT2D eigenvalue weighted by atomic mass is 10.1. The predicted molar refractivity (Wildman–Crippen MR) is 84.2 cm³/mol. The lowest BCUT2D eigenvalue weighted by Gasteiger charge is -2.23. The number of anilines is 1. The van der Waals surface area contributed by atoms with Gasteiger partial charge in [-0.2, -0.15) is 4.31 Å². The van der Waals surface area contributed by atoms with E-state index in [0.717, 1.165) is 30.6 Å². The summed E-state index contributed by atoms with van der Waals surface area (Å²) in [5.41, 5.74) is 1.62. The van der Waals surface area contributed by atoms with E-state index in [-0.39, 0.29) is 11.9 Å². The minimum atomic E-state index is -3.50. The Morgan fingerprint density at radius 3 is 2.82 bits per heavy atom. The van der Waals surface area contributed by atoms with Gasteiger partial charge >= 0.3 is 0 Å². The Morgan fingerprint density at radius 1 is 1.27 bits per heavy atom. The summed E-state index contributed by atoms with van der Waals surface area (Å²) in [4.78, 5) is 11.9. The second-order valence-electron chi connectivity index (χ2n) is 5.89. The predicted octanol–water partition coefficient (Wildman–Crippen LogP) is 0.944. The Balaban J connectivity index is 1.91. The van der Waals surface area contributed by atoms with Crippen molar-refractivity contribution >= 4 is 21.6 Å². The summed E-state index contributed by atoms with van der Waals surface area (Å²) in [5.74, 6) is -0.0106. The third-order valence-corrected chi connectivity index (χ3v) is 6.33. The second kappa shape index (κ2) is 5.98. The smallest absolute Gasteiger partial charge is 0.243 e. The molecule has 1 amide bonds. The van der Waals surface area contributed by atoms with Crippen LogP contribution in [0.15, 0.2) is 23.1 Å². The van der Waals surface area contributed by atoms with Crippen molar-refractivity contribution in [1.29, 1.82) is 0 Å². The van der Waals surface area contributed by atoms with Crippen molar-refractivity contribution in [2.75, 3.05) is 25.5 Å². The molecule has 1 aromatic carbocycles. The lowest BCUT2D eigenvalue weighted by Crippen LogP contribution is -2.38. The quantitative estimate of drug-likeness (QED) is 0.868. The number of carbonyl (C=O) groups excluding carboxylic acids is 1. The zero-order valence-corrected chi connectivity index (χ0v) is 13.4. The molecule has 7 heteroatoms. The first-order valence-corrected chi connectivity index (χ1v) is 9.04. The molecule has 2 N–H and O–H groups in total. The number of carbonyl (C=O) groups is 1. The average Bonchev–Trinajstić information content (AvgIpc) is 2.95. The number of benzene rings is 1. The van der Waals surface area contributed by atoms with E-state index in [1.54, 1.807) is 25.2 Å². The average molecular weight is 323 g/mol. The van der Waals surface area contributed by atoms with Crippen LogP contribution in [0.3, 0.4) is 0 Å². The van der Waals surface area contributed by atoms with Crippen LogP contribution in [0.5, 0.6) is 0 Å². The van der Waals surface area contributed by atoms with Crippen molar-refractivity contribution in [2.45, 2.75) is 36.6 Å². The summed E-state index contributed by atoms with van der Waals surface area (Å²) in [5, 5.41) is 6.01. The maximum absolute atomic E-state index is 12.8. The normalized spacial score (nSPS) is 22.3. The molecule has 22 heavy (non-hydrogen) atoms. The molecule has 6 nitrogen and oxygen atoms in total. The van der Waals surface area contributed by atoms with Gasteiger partial charge in [0.15, 0.2) is 0 Å². The highest BCUT2D eigenvalue weighted by atomic mass is 32.2. The molecular formula is C15H21N3O3S. The van der Waals surface area contributed by atoms with E-state index in [2.05, 4.69) is 10.6 Å². The molecule has 0 aliphatic carbocycles. The topological polar surface area (TPSA) is 78.5 Å². The van der Waals surface area contributed by atoms with Gasteiger partial charge in [0.2, 0.25) is 15.9 Å². The summed E-state index contributed by atoms with van der Waals surface area (Å²) >= 11 is 0. The van der Waals surface area contributed by atoms with Crippen LogP contribution in [0.2, 0.25) is 0 Å². The lowest BCUT2D eigenvalue weighted by molar-refractivity contribution is -0.116. The molecule has 1 aromatic rings. The summed E-state index contributed by atoms with van der Waals surface area (Å²) in [6.07, 6.45) is 2.76. The Kier molecular flexibility index (Phi) is 4.20. The molecule has 1 fully saturated rings. The standard InChI is InChI=1S/C15H21N3O3S/c1-18(12-7-8-16-10-12)22(20,21)13-5-6-14-11(9-13)3-2-4-15(19)17-14/h5-6,9,12,16H,2-4,7-8,10H2,1H3,(H,17,19). The van der Waals surface area contributed by atoms with Crippen LogP contribution in [-0.2, 0) is 21.2 Å². The number of likely N-dealkylation sites (N-methyl/N-ethyl adjacent to an activating group) is 1. The molecule has 1 unspecified atom stereocenters. The van der Waals surface area contributed by atoms with Crippen molar-refractivity contribution in [3.8, 4) is 0 Å². The molecule has 1 saturated heterocycles. The van der Waals surface area contributed by atoms with Crippen LogP contribution in [0.4, 0.5) is 5.69 Å². The van der Waals surface area contributed by atoms with E-state index in [9.17, 15) is 13.2 Å². The van der Waals surface area contributed by atoms with Crippen LogP contribution in [-0.4, -0.2) is 44.8 Å². The van der Waals surface area contributed by atoms with Gasteiger partial charge in [-0.3, -0.25) is 4.79 Å². The fraction of sp³-hybridized carbons (Fsp3) is 0.533. The van der Waals surface area contributed by atoms with Crippen molar-refractivity contribution in [2.24, 2.45) is 0 Å². The fourth-order valence-electron chi connectivity index (χ4n) is 3.02. The molecule has 2 aliphatic rings. The number of amides is 1. The van der Waals surface area contributed by atoms with Gasteiger partial charge in [-0.15, -0.1) is 0 Å². The molecule has 3 rings (SSSR count). The zero-order valence-electron chi connectivity index (χ0n) is 12.6. The van der Waals surface area contributed by atoms with Crippen LogP contribution < -0.4 is 10.6 Å². The van der Waals surface area contributed by atoms with Crippen molar-refractivity contribution in [3.05, 3.63) is 23.8 Å². The Labute approximate surface area is 130 Å². The molecule has 1 atom stereocenters. The van der Waals surface area contributed by atoms with E-state index >= 15 is 0 Å². The fourth-order valence-corrected chi connectivity index (χ4v) is 4.46. The summed E-state index contributed by atoms with van der Waals surface area (Å²) in [6, 6.07) is 4.99. The number of nitrogens with zero attached hydrogens (tertiary/aromatic N) is 1. The number of aryl methyl sites for hydroxylation is 1. The molecular weight excluding hydrogens is 302 g/mol. The minimum Gasteiger partial charge on any atom is -0.326 e. The van der Waals surface area contributed by atoms with E-state index in [1.807, 2.05) is 0 Å². The summed E-state index contributed by atoms with van der Waals surface area (Å²) in [6.45, 7) is 1.54. The molecule has 0 bridgehead atoms. The van der Waals surface area contributed by atoms with Crippen molar-refractivity contribution in [3.63, 3.8) is 0 Å². The molecule has 0 aromatic heterocycles. The Morgan fingerprint density at radius 2 is 2.09 bits per heavy atom. The van der Waals surface area contributed by atoms with Gasteiger partial charge in [0, 0.05) is 31.7 Å².